The quantitative estimate of drug-likeness (QED) is 0.279. The molecule has 6 nitrogen and oxygen atoms in total. The van der Waals surface area contributed by atoms with Crippen molar-refractivity contribution in [1.82, 2.24) is 19.4 Å². The Labute approximate surface area is 213 Å². The van der Waals surface area contributed by atoms with Crippen molar-refractivity contribution in [3.8, 4) is 22.4 Å². The molecule has 0 bridgehead atoms. The number of pyridine rings is 1. The molecule has 0 spiro atoms. The molecule has 0 amide bonds. The molecule has 5 rings (SSSR count). The fourth-order valence-corrected chi connectivity index (χ4v) is 4.17. The van der Waals surface area contributed by atoms with Crippen molar-refractivity contribution in [3.05, 3.63) is 82.5 Å². The van der Waals surface area contributed by atoms with Crippen LogP contribution in [0.25, 0.3) is 38.9 Å². The summed E-state index contributed by atoms with van der Waals surface area (Å²) in [5.74, 6) is 0.742. The molecule has 36 heavy (non-hydrogen) atoms. The Balaban J connectivity index is 0.000000861. The minimum atomic E-state index is 0.0270. The largest absolute Gasteiger partial charge is 0.365 e. The average molecular weight is 484 g/mol. The van der Waals surface area contributed by atoms with Gasteiger partial charge in [0.05, 0.1) is 5.69 Å². The molecule has 3 heterocycles. The Morgan fingerprint density at radius 2 is 1.69 bits per heavy atom. The first kappa shape index (κ1) is 26.7. The fourth-order valence-electron chi connectivity index (χ4n) is 4.17. The molecule has 3 aromatic heterocycles. The van der Waals surface area contributed by atoms with Crippen LogP contribution in [0.3, 0.4) is 0 Å². The summed E-state index contributed by atoms with van der Waals surface area (Å²) >= 11 is 0. The van der Waals surface area contributed by atoms with Crippen LogP contribution < -0.4 is 10.7 Å². The van der Waals surface area contributed by atoms with Gasteiger partial charge in [0.15, 0.2) is 16.9 Å². The zero-order chi connectivity index (χ0) is 26.4. The maximum Gasteiger partial charge on any atom is 0.197 e. The SMILES string of the molecule is CC.CC.Cc1ccc2c(=O)c(-c3cccc(-c4cn5ccnc5c(NC(C)C)n4)c3C)c[nH]c2c1. The van der Waals surface area contributed by atoms with E-state index in [4.69, 9.17) is 4.98 Å². The van der Waals surface area contributed by atoms with E-state index < -0.39 is 0 Å². The Morgan fingerprint density at radius 3 is 2.42 bits per heavy atom. The van der Waals surface area contributed by atoms with E-state index >= 15 is 0 Å². The van der Waals surface area contributed by atoms with E-state index in [0.29, 0.717) is 10.9 Å². The molecule has 0 aliphatic heterocycles. The number of anilines is 1. The second-order valence-electron chi connectivity index (χ2n) is 8.49. The van der Waals surface area contributed by atoms with Crippen molar-refractivity contribution in [2.24, 2.45) is 0 Å². The van der Waals surface area contributed by atoms with Gasteiger partial charge in [0.25, 0.3) is 0 Å². The van der Waals surface area contributed by atoms with Gasteiger partial charge in [-0.15, -0.1) is 0 Å². The van der Waals surface area contributed by atoms with Gasteiger partial charge in [-0.1, -0.05) is 52.0 Å². The number of nitrogens with one attached hydrogen (secondary N) is 2. The average Bonchev–Trinajstić information content (AvgIpc) is 3.36. The van der Waals surface area contributed by atoms with E-state index in [1.54, 1.807) is 6.20 Å². The molecule has 0 unspecified atom stereocenters. The molecule has 0 aliphatic carbocycles. The van der Waals surface area contributed by atoms with Gasteiger partial charge in [0.2, 0.25) is 0 Å². The van der Waals surface area contributed by atoms with Crippen LogP contribution in [0, 0.1) is 13.8 Å². The highest BCUT2D eigenvalue weighted by Gasteiger charge is 2.16. The lowest BCUT2D eigenvalue weighted by atomic mass is 9.95. The molecule has 5 aromatic rings. The lowest BCUT2D eigenvalue weighted by Crippen LogP contribution is -2.13. The van der Waals surface area contributed by atoms with E-state index in [2.05, 4.69) is 29.1 Å². The van der Waals surface area contributed by atoms with E-state index in [-0.39, 0.29) is 11.5 Å². The van der Waals surface area contributed by atoms with Gasteiger partial charge in [-0.25, -0.2) is 9.97 Å². The smallest absolute Gasteiger partial charge is 0.197 e. The monoisotopic (exact) mass is 483 g/mol. The number of hydrogen-bond acceptors (Lipinski definition) is 4. The third-order valence-electron chi connectivity index (χ3n) is 5.74. The Hall–Kier alpha value is -3.93. The van der Waals surface area contributed by atoms with E-state index in [1.807, 2.05) is 101 Å². The highest BCUT2D eigenvalue weighted by Crippen LogP contribution is 2.31. The molecule has 188 valence electrons. The molecule has 0 aliphatic rings. The number of aromatic amines is 1. The standard InChI is InChI=1S/C26H25N5O.2C2H6/c1-15(2)29-25-26-27-10-11-31(26)14-23(30-25)19-7-5-6-18(17(19)4)21-13-28-22-12-16(3)8-9-20(22)24(21)32;2*1-2/h5-15H,1-4H3,(H,28,32)(H,29,30);2*1-2H3. The van der Waals surface area contributed by atoms with Crippen LogP contribution in [0.4, 0.5) is 5.82 Å². The molecule has 0 saturated heterocycles. The summed E-state index contributed by atoms with van der Waals surface area (Å²) in [6, 6.07) is 12.1. The molecule has 6 heteroatoms. The predicted octanol–water partition coefficient (Wildman–Crippen LogP) is 7.39. The zero-order valence-corrected chi connectivity index (χ0v) is 22.6. The van der Waals surface area contributed by atoms with Gasteiger partial charge in [0.1, 0.15) is 0 Å². The van der Waals surface area contributed by atoms with E-state index in [0.717, 1.165) is 44.9 Å². The second kappa shape index (κ2) is 11.7. The van der Waals surface area contributed by atoms with Crippen LogP contribution in [0.1, 0.15) is 52.7 Å². The van der Waals surface area contributed by atoms with Crippen LogP contribution in [0.15, 0.2) is 66.0 Å². The van der Waals surface area contributed by atoms with E-state index in [1.165, 1.54) is 0 Å². The van der Waals surface area contributed by atoms with Gasteiger partial charge in [0, 0.05) is 52.9 Å². The maximum atomic E-state index is 13.3. The first-order valence-electron chi connectivity index (χ1n) is 12.7. The molecule has 2 aromatic carbocycles. The third-order valence-corrected chi connectivity index (χ3v) is 5.74. The first-order valence-corrected chi connectivity index (χ1v) is 12.7. The Morgan fingerprint density at radius 1 is 0.972 bits per heavy atom. The number of imidazole rings is 1. The summed E-state index contributed by atoms with van der Waals surface area (Å²) in [6.07, 6.45) is 7.48. The molecule has 0 radical (unpaired) electrons. The summed E-state index contributed by atoms with van der Waals surface area (Å²) < 4.78 is 1.98. The van der Waals surface area contributed by atoms with Crippen molar-refractivity contribution in [3.63, 3.8) is 0 Å². The number of fused-ring (bicyclic) bond motifs is 2. The highest BCUT2D eigenvalue weighted by atomic mass is 16.1. The van der Waals surface area contributed by atoms with Crippen molar-refractivity contribution < 1.29 is 0 Å². The number of aryl methyl sites for hydroxylation is 1. The minimum absolute atomic E-state index is 0.0270. The van der Waals surface area contributed by atoms with Crippen LogP contribution in [0.5, 0.6) is 0 Å². The highest BCUT2D eigenvalue weighted by molar-refractivity contribution is 5.86. The minimum Gasteiger partial charge on any atom is -0.365 e. The van der Waals surface area contributed by atoms with Crippen molar-refractivity contribution in [2.45, 2.75) is 61.4 Å². The Bertz CT molecular complexity index is 1530. The Kier molecular flexibility index (Phi) is 8.64. The van der Waals surface area contributed by atoms with Gasteiger partial charge >= 0.3 is 0 Å². The molecule has 0 saturated carbocycles. The topological polar surface area (TPSA) is 75.1 Å². The van der Waals surface area contributed by atoms with Crippen molar-refractivity contribution in [1.29, 1.82) is 0 Å². The van der Waals surface area contributed by atoms with Gasteiger partial charge in [-0.2, -0.15) is 0 Å². The molecule has 2 N–H and O–H groups in total. The zero-order valence-electron chi connectivity index (χ0n) is 22.6. The number of H-pyrrole nitrogens is 1. The van der Waals surface area contributed by atoms with Crippen molar-refractivity contribution >= 4 is 22.4 Å². The van der Waals surface area contributed by atoms with Gasteiger partial charge in [-0.05, 0) is 56.5 Å². The number of nitrogens with zero attached hydrogens (tertiary/aromatic N) is 3. The number of aromatic nitrogens is 4. The summed E-state index contributed by atoms with van der Waals surface area (Å²) in [6.45, 7) is 16.2. The molecule has 0 atom stereocenters. The lowest BCUT2D eigenvalue weighted by molar-refractivity contribution is 0.887. The van der Waals surface area contributed by atoms with Crippen LogP contribution in [-0.4, -0.2) is 25.4 Å². The number of hydrogen-bond donors (Lipinski definition) is 2. The van der Waals surface area contributed by atoms with Gasteiger partial charge < -0.3 is 14.7 Å². The normalized spacial score (nSPS) is 10.6. The first-order chi connectivity index (χ1) is 17.4. The summed E-state index contributed by atoms with van der Waals surface area (Å²) in [4.78, 5) is 25.9. The van der Waals surface area contributed by atoms with Crippen LogP contribution in [0.2, 0.25) is 0 Å². The lowest BCUT2D eigenvalue weighted by Gasteiger charge is -2.15. The number of benzene rings is 2. The summed E-state index contributed by atoms with van der Waals surface area (Å²) in [5, 5.41) is 4.09. The predicted molar refractivity (Wildman–Crippen MR) is 153 cm³/mol. The third kappa shape index (κ3) is 5.18. The fraction of sp³-hybridized carbons (Fsp3) is 0.300. The maximum absolute atomic E-state index is 13.3. The van der Waals surface area contributed by atoms with Crippen molar-refractivity contribution in [2.75, 3.05) is 5.32 Å². The van der Waals surface area contributed by atoms with Gasteiger partial charge in [-0.3, -0.25) is 4.79 Å². The van der Waals surface area contributed by atoms with Crippen LogP contribution in [-0.2, 0) is 0 Å². The summed E-state index contributed by atoms with van der Waals surface area (Å²) in [5.41, 5.74) is 7.15. The molecular weight excluding hydrogens is 446 g/mol. The van der Waals surface area contributed by atoms with E-state index in [9.17, 15) is 4.79 Å². The summed E-state index contributed by atoms with van der Waals surface area (Å²) in [7, 11) is 0. The van der Waals surface area contributed by atoms with Crippen LogP contribution >= 0.6 is 0 Å². The number of rotatable bonds is 4. The molecule has 0 fully saturated rings. The molecular formula is C30H37N5O. The second-order valence-corrected chi connectivity index (χ2v) is 8.49.